The van der Waals surface area contributed by atoms with Crippen molar-refractivity contribution in [1.29, 1.82) is 0 Å². The third-order valence-electron chi connectivity index (χ3n) is 4.23. The number of nitrogens with zero attached hydrogens (tertiary/aromatic N) is 1. The predicted molar refractivity (Wildman–Crippen MR) is 88.7 cm³/mol. The molecule has 1 saturated heterocycles. The van der Waals surface area contributed by atoms with E-state index >= 15 is 0 Å². The van der Waals surface area contributed by atoms with Crippen molar-refractivity contribution < 1.29 is 27.5 Å². The Balaban J connectivity index is 1.52. The number of piperidine rings is 1. The van der Waals surface area contributed by atoms with Crippen LogP contribution in [0.5, 0.6) is 11.5 Å². The SMILES string of the molecule is O=C(ON1CCC(c2ccc(Oc3ccccc3)cc2)CC1)C(F)(F)F. The molecule has 0 aliphatic carbocycles. The molecule has 0 N–H and O–H groups in total. The van der Waals surface area contributed by atoms with Crippen molar-refractivity contribution in [2.24, 2.45) is 0 Å². The Bertz CT molecular complexity index is 724. The molecule has 1 heterocycles. The lowest BCUT2D eigenvalue weighted by molar-refractivity contribution is -0.241. The third-order valence-corrected chi connectivity index (χ3v) is 4.23. The number of hydrogen-bond donors (Lipinski definition) is 0. The molecule has 0 amide bonds. The third kappa shape index (κ3) is 4.76. The van der Waals surface area contributed by atoms with Crippen molar-refractivity contribution in [2.45, 2.75) is 24.9 Å². The van der Waals surface area contributed by atoms with Gasteiger partial charge in [-0.1, -0.05) is 30.3 Å². The molecule has 2 aromatic rings. The summed E-state index contributed by atoms with van der Waals surface area (Å²) in [6, 6.07) is 17.1. The van der Waals surface area contributed by atoms with Gasteiger partial charge in [0, 0.05) is 13.1 Å². The number of carbonyl (C=O) groups is 1. The van der Waals surface area contributed by atoms with Crippen LogP contribution in [0.25, 0.3) is 0 Å². The van der Waals surface area contributed by atoms with Gasteiger partial charge in [-0.25, -0.2) is 4.79 Å². The topological polar surface area (TPSA) is 38.8 Å². The number of benzene rings is 2. The second-order valence-corrected chi connectivity index (χ2v) is 6.06. The summed E-state index contributed by atoms with van der Waals surface area (Å²) in [5.41, 5.74) is 1.09. The Labute approximate surface area is 149 Å². The summed E-state index contributed by atoms with van der Waals surface area (Å²) in [6.07, 6.45) is -3.74. The maximum Gasteiger partial charge on any atom is 0.492 e. The van der Waals surface area contributed by atoms with Crippen molar-refractivity contribution in [2.75, 3.05) is 13.1 Å². The summed E-state index contributed by atoms with van der Waals surface area (Å²) in [6.45, 7) is 0.545. The molecule has 0 atom stereocenters. The summed E-state index contributed by atoms with van der Waals surface area (Å²) < 4.78 is 42.4. The Morgan fingerprint density at radius 1 is 0.923 bits per heavy atom. The highest BCUT2D eigenvalue weighted by Crippen LogP contribution is 2.31. The fraction of sp³-hybridized carbons (Fsp3) is 0.316. The Morgan fingerprint density at radius 3 is 2.08 bits per heavy atom. The number of para-hydroxylation sites is 1. The predicted octanol–water partition coefficient (Wildman–Crippen LogP) is 4.68. The van der Waals surface area contributed by atoms with E-state index in [9.17, 15) is 18.0 Å². The van der Waals surface area contributed by atoms with Gasteiger partial charge in [-0.05, 0) is 48.6 Å². The van der Waals surface area contributed by atoms with E-state index in [4.69, 9.17) is 4.74 Å². The van der Waals surface area contributed by atoms with Gasteiger partial charge in [-0.2, -0.15) is 13.2 Å². The van der Waals surface area contributed by atoms with Gasteiger partial charge in [0.15, 0.2) is 0 Å². The van der Waals surface area contributed by atoms with Gasteiger partial charge in [0.25, 0.3) is 0 Å². The molecule has 0 spiro atoms. The summed E-state index contributed by atoms with van der Waals surface area (Å²) in [7, 11) is 0. The summed E-state index contributed by atoms with van der Waals surface area (Å²) in [5.74, 6) is -0.489. The molecular formula is C19H18F3NO3. The van der Waals surface area contributed by atoms with Gasteiger partial charge >= 0.3 is 12.1 Å². The second-order valence-electron chi connectivity index (χ2n) is 6.06. The average molecular weight is 365 g/mol. The van der Waals surface area contributed by atoms with Crippen LogP contribution in [-0.2, 0) is 9.63 Å². The summed E-state index contributed by atoms with van der Waals surface area (Å²) >= 11 is 0. The molecule has 0 aromatic heterocycles. The van der Waals surface area contributed by atoms with Gasteiger partial charge < -0.3 is 9.57 Å². The minimum absolute atomic E-state index is 0.210. The van der Waals surface area contributed by atoms with Gasteiger partial charge in [0.1, 0.15) is 11.5 Å². The fourth-order valence-corrected chi connectivity index (χ4v) is 2.88. The Morgan fingerprint density at radius 2 is 1.50 bits per heavy atom. The molecule has 4 nitrogen and oxygen atoms in total. The molecular weight excluding hydrogens is 347 g/mol. The molecule has 1 fully saturated rings. The van der Waals surface area contributed by atoms with Gasteiger partial charge in [0.05, 0.1) is 0 Å². The monoisotopic (exact) mass is 365 g/mol. The van der Waals surface area contributed by atoms with Gasteiger partial charge in [0.2, 0.25) is 0 Å². The lowest BCUT2D eigenvalue weighted by Crippen LogP contribution is -2.39. The number of hydrogen-bond acceptors (Lipinski definition) is 4. The first-order chi connectivity index (χ1) is 12.4. The highest BCUT2D eigenvalue weighted by molar-refractivity contribution is 5.75. The molecule has 138 valence electrons. The van der Waals surface area contributed by atoms with Gasteiger partial charge in [-0.15, -0.1) is 5.06 Å². The molecule has 26 heavy (non-hydrogen) atoms. The molecule has 0 unspecified atom stereocenters. The fourth-order valence-electron chi connectivity index (χ4n) is 2.88. The lowest BCUT2D eigenvalue weighted by atomic mass is 9.90. The van der Waals surface area contributed by atoms with Crippen molar-refractivity contribution >= 4 is 5.97 Å². The van der Waals surface area contributed by atoms with Crippen LogP contribution >= 0.6 is 0 Å². The highest BCUT2D eigenvalue weighted by Gasteiger charge is 2.43. The van der Waals surface area contributed by atoms with Crippen LogP contribution in [0.4, 0.5) is 13.2 Å². The number of rotatable bonds is 4. The summed E-state index contributed by atoms with van der Waals surface area (Å²) in [5, 5.41) is 1.08. The molecule has 2 aromatic carbocycles. The maximum atomic E-state index is 12.2. The number of carbonyl (C=O) groups excluding carboxylic acids is 1. The van der Waals surface area contributed by atoms with Crippen LogP contribution < -0.4 is 4.74 Å². The minimum atomic E-state index is -4.97. The zero-order valence-corrected chi connectivity index (χ0v) is 13.9. The van der Waals surface area contributed by atoms with Gasteiger partial charge in [-0.3, -0.25) is 0 Å². The number of ether oxygens (including phenoxy) is 1. The zero-order chi connectivity index (χ0) is 18.6. The van der Waals surface area contributed by atoms with Crippen LogP contribution in [0.3, 0.4) is 0 Å². The van der Waals surface area contributed by atoms with E-state index in [0.29, 0.717) is 12.8 Å². The average Bonchev–Trinajstić information content (AvgIpc) is 2.63. The Kier molecular flexibility index (Phi) is 5.46. The van der Waals surface area contributed by atoms with Crippen molar-refractivity contribution in [3.05, 3.63) is 60.2 Å². The molecule has 0 saturated carbocycles. The van der Waals surface area contributed by atoms with Crippen molar-refractivity contribution in [1.82, 2.24) is 5.06 Å². The van der Waals surface area contributed by atoms with Crippen molar-refractivity contribution in [3.8, 4) is 11.5 Å². The first-order valence-electron chi connectivity index (χ1n) is 8.29. The second kappa shape index (κ2) is 7.78. The number of hydroxylamine groups is 2. The highest BCUT2D eigenvalue weighted by atomic mass is 19.4. The minimum Gasteiger partial charge on any atom is -0.457 e. The molecule has 7 heteroatoms. The lowest BCUT2D eigenvalue weighted by Gasteiger charge is -2.30. The molecule has 1 aliphatic heterocycles. The van der Waals surface area contributed by atoms with E-state index in [1.165, 1.54) is 0 Å². The number of halogens is 3. The van der Waals surface area contributed by atoms with E-state index in [1.54, 1.807) is 0 Å². The van der Waals surface area contributed by atoms with Crippen LogP contribution in [0.1, 0.15) is 24.3 Å². The van der Waals surface area contributed by atoms with Crippen LogP contribution in [0.2, 0.25) is 0 Å². The summed E-state index contributed by atoms with van der Waals surface area (Å²) in [4.78, 5) is 15.2. The number of alkyl halides is 3. The normalized spacial score (nSPS) is 16.3. The standard InChI is InChI=1S/C19H18F3NO3/c20-19(21,22)18(24)26-23-12-10-15(11-13-23)14-6-8-17(9-7-14)25-16-4-2-1-3-5-16/h1-9,15H,10-13H2. The first-order valence-corrected chi connectivity index (χ1v) is 8.29. The van der Waals surface area contributed by atoms with E-state index in [1.807, 2.05) is 54.6 Å². The van der Waals surface area contributed by atoms with E-state index in [2.05, 4.69) is 4.84 Å². The largest absolute Gasteiger partial charge is 0.492 e. The molecule has 3 rings (SSSR count). The molecule has 0 bridgehead atoms. The maximum absolute atomic E-state index is 12.2. The van der Waals surface area contributed by atoms with Crippen LogP contribution in [0.15, 0.2) is 54.6 Å². The molecule has 1 aliphatic rings. The van der Waals surface area contributed by atoms with Crippen molar-refractivity contribution in [3.63, 3.8) is 0 Å². The van der Waals surface area contributed by atoms with Crippen LogP contribution in [0, 0.1) is 0 Å². The van der Waals surface area contributed by atoms with E-state index < -0.39 is 12.1 Å². The molecule has 0 radical (unpaired) electrons. The Hall–Kier alpha value is -2.54. The smallest absolute Gasteiger partial charge is 0.457 e. The van der Waals surface area contributed by atoms with Crippen LogP contribution in [-0.4, -0.2) is 30.3 Å². The first kappa shape index (κ1) is 18.3. The zero-order valence-electron chi connectivity index (χ0n) is 13.9. The van der Waals surface area contributed by atoms with E-state index in [0.717, 1.165) is 22.1 Å². The quantitative estimate of drug-likeness (QED) is 0.789. The van der Waals surface area contributed by atoms with E-state index in [-0.39, 0.29) is 19.0 Å².